The molecule has 3 heteroatoms. The van der Waals surface area contributed by atoms with Crippen LogP contribution in [0.5, 0.6) is 5.75 Å². The first-order valence-electron chi connectivity index (χ1n) is 3.54. The maximum atomic E-state index is 10.4. The Morgan fingerprint density at radius 3 is 2.75 bits per heavy atom. The maximum Gasteiger partial charge on any atom is 0.150 e. The second kappa shape index (κ2) is 3.88. The fourth-order valence-corrected chi connectivity index (χ4v) is 0.963. The fourth-order valence-electron chi connectivity index (χ4n) is 0.963. The molecule has 64 valence electrons. The molecule has 1 aromatic rings. The number of rotatable bonds is 3. The molecule has 0 amide bonds. The lowest BCUT2D eigenvalue weighted by Crippen LogP contribution is -1.90. The SMILES string of the molecule is COc1cc(C=O)cc(CO)c1. The highest BCUT2D eigenvalue weighted by Gasteiger charge is 1.98. The molecule has 0 bridgehead atoms. The molecule has 12 heavy (non-hydrogen) atoms. The van der Waals surface area contributed by atoms with Gasteiger partial charge in [-0.2, -0.15) is 0 Å². The Balaban J connectivity index is 3.09. The van der Waals surface area contributed by atoms with Gasteiger partial charge in [-0.1, -0.05) is 0 Å². The first-order chi connectivity index (χ1) is 5.80. The van der Waals surface area contributed by atoms with Gasteiger partial charge in [-0.05, 0) is 23.8 Å². The van der Waals surface area contributed by atoms with Crippen LogP contribution in [0.15, 0.2) is 18.2 Å². The van der Waals surface area contributed by atoms with Crippen LogP contribution in [0.2, 0.25) is 0 Å². The van der Waals surface area contributed by atoms with Gasteiger partial charge in [0, 0.05) is 5.56 Å². The average Bonchev–Trinajstić information content (AvgIpc) is 2.16. The average molecular weight is 166 g/mol. The Morgan fingerprint density at radius 2 is 2.25 bits per heavy atom. The van der Waals surface area contributed by atoms with Crippen molar-refractivity contribution in [3.05, 3.63) is 29.3 Å². The van der Waals surface area contributed by atoms with Crippen LogP contribution in [0.4, 0.5) is 0 Å². The Morgan fingerprint density at radius 1 is 1.50 bits per heavy atom. The third-order valence-electron chi connectivity index (χ3n) is 1.54. The molecule has 0 radical (unpaired) electrons. The number of aliphatic hydroxyl groups is 1. The van der Waals surface area contributed by atoms with Gasteiger partial charge in [0.25, 0.3) is 0 Å². The van der Waals surface area contributed by atoms with Gasteiger partial charge in [0.05, 0.1) is 13.7 Å². The molecule has 0 saturated heterocycles. The van der Waals surface area contributed by atoms with Crippen molar-refractivity contribution in [2.75, 3.05) is 7.11 Å². The number of carbonyl (C=O) groups is 1. The highest BCUT2D eigenvalue weighted by molar-refractivity contribution is 5.76. The molecule has 0 spiro atoms. The largest absolute Gasteiger partial charge is 0.497 e. The summed E-state index contributed by atoms with van der Waals surface area (Å²) in [7, 11) is 1.52. The lowest BCUT2D eigenvalue weighted by atomic mass is 10.1. The van der Waals surface area contributed by atoms with E-state index in [0.29, 0.717) is 16.9 Å². The number of benzene rings is 1. The van der Waals surface area contributed by atoms with Crippen molar-refractivity contribution >= 4 is 6.29 Å². The van der Waals surface area contributed by atoms with Crippen LogP contribution in [0, 0.1) is 0 Å². The van der Waals surface area contributed by atoms with Crippen LogP contribution >= 0.6 is 0 Å². The lowest BCUT2D eigenvalue weighted by Gasteiger charge is -2.02. The van der Waals surface area contributed by atoms with E-state index in [1.807, 2.05) is 0 Å². The van der Waals surface area contributed by atoms with Crippen LogP contribution < -0.4 is 4.74 Å². The van der Waals surface area contributed by atoms with Gasteiger partial charge in [0.15, 0.2) is 0 Å². The highest BCUT2D eigenvalue weighted by atomic mass is 16.5. The predicted molar refractivity (Wildman–Crippen MR) is 44.3 cm³/mol. The van der Waals surface area contributed by atoms with E-state index in [1.54, 1.807) is 18.2 Å². The maximum absolute atomic E-state index is 10.4. The first kappa shape index (κ1) is 8.74. The van der Waals surface area contributed by atoms with Gasteiger partial charge in [0.2, 0.25) is 0 Å². The molecule has 1 aromatic carbocycles. The van der Waals surface area contributed by atoms with Crippen LogP contribution in [0.1, 0.15) is 15.9 Å². The van der Waals surface area contributed by atoms with Gasteiger partial charge in [-0.3, -0.25) is 4.79 Å². The molecule has 0 aliphatic rings. The van der Waals surface area contributed by atoms with E-state index in [4.69, 9.17) is 9.84 Å². The number of ether oxygens (including phenoxy) is 1. The van der Waals surface area contributed by atoms with Gasteiger partial charge < -0.3 is 9.84 Å². The zero-order chi connectivity index (χ0) is 8.97. The van der Waals surface area contributed by atoms with Gasteiger partial charge in [-0.25, -0.2) is 0 Å². The number of carbonyl (C=O) groups excluding carboxylic acids is 1. The van der Waals surface area contributed by atoms with Crippen molar-refractivity contribution in [2.45, 2.75) is 6.61 Å². The van der Waals surface area contributed by atoms with Gasteiger partial charge >= 0.3 is 0 Å². The summed E-state index contributed by atoms with van der Waals surface area (Å²) < 4.78 is 4.93. The summed E-state index contributed by atoms with van der Waals surface area (Å²) >= 11 is 0. The van der Waals surface area contributed by atoms with Gasteiger partial charge in [0.1, 0.15) is 12.0 Å². The predicted octanol–water partition coefficient (Wildman–Crippen LogP) is 1.00. The van der Waals surface area contributed by atoms with E-state index in [1.165, 1.54) is 7.11 Å². The van der Waals surface area contributed by atoms with Crippen molar-refractivity contribution in [1.29, 1.82) is 0 Å². The van der Waals surface area contributed by atoms with Crippen LogP contribution in [-0.4, -0.2) is 18.5 Å². The minimum absolute atomic E-state index is 0.0853. The summed E-state index contributed by atoms with van der Waals surface area (Å²) in [5, 5.41) is 8.81. The van der Waals surface area contributed by atoms with E-state index in [-0.39, 0.29) is 6.61 Å². The number of hydrogen-bond donors (Lipinski definition) is 1. The monoisotopic (exact) mass is 166 g/mol. The van der Waals surface area contributed by atoms with Crippen LogP contribution in [0.3, 0.4) is 0 Å². The third-order valence-corrected chi connectivity index (χ3v) is 1.54. The van der Waals surface area contributed by atoms with E-state index in [0.717, 1.165) is 6.29 Å². The molecule has 0 aromatic heterocycles. The molecule has 0 unspecified atom stereocenters. The quantitative estimate of drug-likeness (QED) is 0.681. The molecular formula is C9H10O3. The summed E-state index contributed by atoms with van der Waals surface area (Å²) in [6, 6.07) is 4.93. The molecule has 3 nitrogen and oxygen atoms in total. The minimum Gasteiger partial charge on any atom is -0.497 e. The Kier molecular flexibility index (Phi) is 2.82. The summed E-state index contributed by atoms with van der Waals surface area (Å²) in [4.78, 5) is 10.4. The van der Waals surface area contributed by atoms with E-state index in [9.17, 15) is 4.79 Å². The normalized spacial score (nSPS) is 9.50. The number of methoxy groups -OCH3 is 1. The molecule has 1 N–H and O–H groups in total. The number of aldehydes is 1. The van der Waals surface area contributed by atoms with E-state index < -0.39 is 0 Å². The summed E-state index contributed by atoms with van der Waals surface area (Å²) in [5.41, 5.74) is 1.19. The Bertz CT molecular complexity index is 259. The second-order valence-corrected chi connectivity index (χ2v) is 2.39. The molecule has 0 aliphatic heterocycles. The first-order valence-corrected chi connectivity index (χ1v) is 3.54. The third kappa shape index (κ3) is 1.83. The molecule has 0 heterocycles. The summed E-state index contributed by atoms with van der Waals surface area (Å²) in [6.07, 6.45) is 0.724. The molecular weight excluding hydrogens is 156 g/mol. The smallest absolute Gasteiger partial charge is 0.150 e. The van der Waals surface area contributed by atoms with Crippen molar-refractivity contribution < 1.29 is 14.6 Å². The minimum atomic E-state index is -0.0853. The van der Waals surface area contributed by atoms with Crippen LogP contribution in [0.25, 0.3) is 0 Å². The Labute approximate surface area is 70.6 Å². The molecule has 0 atom stereocenters. The molecule has 0 saturated carbocycles. The zero-order valence-electron chi connectivity index (χ0n) is 6.78. The standard InChI is InChI=1S/C9H10O3/c1-12-9-3-7(5-10)2-8(4-9)6-11/h2-5,11H,6H2,1H3. The van der Waals surface area contributed by atoms with Crippen molar-refractivity contribution in [2.24, 2.45) is 0 Å². The zero-order valence-corrected chi connectivity index (χ0v) is 6.78. The highest BCUT2D eigenvalue weighted by Crippen LogP contribution is 2.15. The van der Waals surface area contributed by atoms with Crippen molar-refractivity contribution in [1.82, 2.24) is 0 Å². The van der Waals surface area contributed by atoms with Crippen molar-refractivity contribution in [3.8, 4) is 5.75 Å². The topological polar surface area (TPSA) is 46.5 Å². The summed E-state index contributed by atoms with van der Waals surface area (Å²) in [5.74, 6) is 0.587. The summed E-state index contributed by atoms with van der Waals surface area (Å²) in [6.45, 7) is -0.0853. The lowest BCUT2D eigenvalue weighted by molar-refractivity contribution is 0.112. The fraction of sp³-hybridized carbons (Fsp3) is 0.222. The van der Waals surface area contributed by atoms with E-state index >= 15 is 0 Å². The van der Waals surface area contributed by atoms with Crippen molar-refractivity contribution in [3.63, 3.8) is 0 Å². The molecule has 0 aliphatic carbocycles. The number of aliphatic hydroxyl groups excluding tert-OH is 1. The Hall–Kier alpha value is -1.35. The van der Waals surface area contributed by atoms with Gasteiger partial charge in [-0.15, -0.1) is 0 Å². The van der Waals surface area contributed by atoms with E-state index in [2.05, 4.69) is 0 Å². The molecule has 0 fully saturated rings. The van der Waals surface area contributed by atoms with Crippen LogP contribution in [-0.2, 0) is 6.61 Å². The second-order valence-electron chi connectivity index (χ2n) is 2.39. The number of hydrogen-bond acceptors (Lipinski definition) is 3. The molecule has 1 rings (SSSR count).